The molecule has 4 aromatic rings. The molecule has 0 bridgehead atoms. The number of fused-ring (bicyclic) bond motifs is 2. The van der Waals surface area contributed by atoms with Crippen LogP contribution in [0, 0.1) is 0 Å². The molecule has 1 aliphatic heterocycles. The first-order valence-corrected chi connectivity index (χ1v) is 12.1. The van der Waals surface area contributed by atoms with Gasteiger partial charge < -0.3 is 5.32 Å². The van der Waals surface area contributed by atoms with Crippen molar-refractivity contribution in [3.05, 3.63) is 77.9 Å². The largest absolute Gasteiger partial charge is 0.324 e. The van der Waals surface area contributed by atoms with Gasteiger partial charge in [0.15, 0.2) is 0 Å². The van der Waals surface area contributed by atoms with Crippen LogP contribution in [0.4, 0.5) is 5.69 Å². The minimum absolute atomic E-state index is 0.0135. The quantitative estimate of drug-likeness (QED) is 0.431. The van der Waals surface area contributed by atoms with E-state index in [0.717, 1.165) is 29.4 Å². The highest BCUT2D eigenvalue weighted by Crippen LogP contribution is 2.32. The molecule has 1 aromatic heterocycles. The summed E-state index contributed by atoms with van der Waals surface area (Å²) < 4.78 is 23.5. The number of nitrogens with one attached hydrogen (secondary N) is 2. The molecule has 1 unspecified atom stereocenters. The Labute approximate surface area is 191 Å². The number of H-pyrrole nitrogens is 1. The predicted octanol–water partition coefficient (Wildman–Crippen LogP) is 3.05. The number of aromatic nitrogens is 2. The summed E-state index contributed by atoms with van der Waals surface area (Å²) in [6, 6.07) is 19.5. The van der Waals surface area contributed by atoms with Crippen LogP contribution in [-0.4, -0.2) is 43.0 Å². The van der Waals surface area contributed by atoms with E-state index in [9.17, 15) is 13.2 Å². The van der Waals surface area contributed by atoms with Gasteiger partial charge in [-0.25, -0.2) is 13.6 Å². The summed E-state index contributed by atoms with van der Waals surface area (Å²) >= 11 is 0. The fraction of sp³-hybridized carbons (Fsp3) is 0.167. The lowest BCUT2D eigenvalue weighted by atomic mass is 9.92. The van der Waals surface area contributed by atoms with Crippen LogP contribution in [0.2, 0.25) is 0 Å². The number of benzene rings is 3. The SMILES string of the molecule is CN1CCc2ccccc2C1C(=O)Nc1ccc2[nH]nc(-c3cccc(S(N)(=O)=O)c3)c2c1. The third-order valence-electron chi connectivity index (χ3n) is 6.04. The number of hydrogen-bond donors (Lipinski definition) is 3. The number of sulfonamides is 1. The predicted molar refractivity (Wildman–Crippen MR) is 127 cm³/mol. The monoisotopic (exact) mass is 461 g/mol. The van der Waals surface area contributed by atoms with Crippen molar-refractivity contribution in [1.82, 2.24) is 15.1 Å². The maximum absolute atomic E-state index is 13.3. The number of hydrogen-bond acceptors (Lipinski definition) is 5. The average molecular weight is 462 g/mol. The minimum atomic E-state index is -3.84. The first-order valence-electron chi connectivity index (χ1n) is 10.5. The van der Waals surface area contributed by atoms with Crippen molar-refractivity contribution < 1.29 is 13.2 Å². The van der Waals surface area contributed by atoms with Crippen LogP contribution < -0.4 is 10.5 Å². The summed E-state index contributed by atoms with van der Waals surface area (Å²) in [4.78, 5) is 15.3. The fourth-order valence-electron chi connectivity index (χ4n) is 4.38. The van der Waals surface area contributed by atoms with Crippen LogP contribution in [0.1, 0.15) is 17.2 Å². The number of rotatable bonds is 4. The third kappa shape index (κ3) is 4.02. The van der Waals surface area contributed by atoms with Gasteiger partial charge in [-0.2, -0.15) is 5.10 Å². The van der Waals surface area contributed by atoms with E-state index in [2.05, 4.69) is 26.5 Å². The minimum Gasteiger partial charge on any atom is -0.324 e. The molecular weight excluding hydrogens is 438 g/mol. The molecule has 0 fully saturated rings. The highest BCUT2D eigenvalue weighted by atomic mass is 32.2. The van der Waals surface area contributed by atoms with Gasteiger partial charge in [0.1, 0.15) is 11.7 Å². The zero-order valence-electron chi connectivity index (χ0n) is 17.9. The van der Waals surface area contributed by atoms with Crippen molar-refractivity contribution in [2.24, 2.45) is 5.14 Å². The molecule has 5 rings (SSSR count). The molecule has 8 nitrogen and oxygen atoms in total. The smallest absolute Gasteiger partial charge is 0.246 e. The van der Waals surface area contributed by atoms with E-state index in [-0.39, 0.29) is 16.8 Å². The Morgan fingerprint density at radius 3 is 2.76 bits per heavy atom. The van der Waals surface area contributed by atoms with Crippen LogP contribution >= 0.6 is 0 Å². The van der Waals surface area contributed by atoms with Gasteiger partial charge in [0, 0.05) is 23.2 Å². The van der Waals surface area contributed by atoms with Crippen LogP contribution in [-0.2, 0) is 21.2 Å². The second kappa shape index (κ2) is 8.11. The van der Waals surface area contributed by atoms with Crippen molar-refractivity contribution in [2.45, 2.75) is 17.4 Å². The van der Waals surface area contributed by atoms with Gasteiger partial charge >= 0.3 is 0 Å². The zero-order valence-corrected chi connectivity index (χ0v) is 18.8. The molecule has 1 amide bonds. The number of carbonyl (C=O) groups excluding carboxylic acids is 1. The molecular formula is C24H23N5O3S. The number of nitrogens with two attached hydrogens (primary N) is 1. The van der Waals surface area contributed by atoms with Gasteiger partial charge in [-0.05, 0) is 54.9 Å². The highest BCUT2D eigenvalue weighted by Gasteiger charge is 2.30. The van der Waals surface area contributed by atoms with E-state index in [1.54, 1.807) is 12.1 Å². The lowest BCUT2D eigenvalue weighted by Gasteiger charge is -2.33. The third-order valence-corrected chi connectivity index (χ3v) is 6.95. The summed E-state index contributed by atoms with van der Waals surface area (Å²) in [6.45, 7) is 0.806. The van der Waals surface area contributed by atoms with Crippen molar-refractivity contribution in [3.8, 4) is 11.3 Å². The molecule has 0 radical (unpaired) electrons. The highest BCUT2D eigenvalue weighted by molar-refractivity contribution is 7.89. The van der Waals surface area contributed by atoms with E-state index >= 15 is 0 Å². The van der Waals surface area contributed by atoms with Gasteiger partial charge in [-0.3, -0.25) is 14.8 Å². The van der Waals surface area contributed by atoms with Crippen molar-refractivity contribution in [1.29, 1.82) is 0 Å². The van der Waals surface area contributed by atoms with Gasteiger partial charge in [0.05, 0.1) is 10.4 Å². The Morgan fingerprint density at radius 2 is 1.94 bits per heavy atom. The van der Waals surface area contributed by atoms with Gasteiger partial charge in [-0.15, -0.1) is 0 Å². The standard InChI is InChI=1S/C24H23N5O3S/c1-29-12-11-15-5-2-3-8-19(15)23(29)24(30)26-17-9-10-21-20(14-17)22(28-27-21)16-6-4-7-18(13-16)33(25,31)32/h2-10,13-14,23H,11-12H2,1H3,(H,26,30)(H,27,28)(H2,25,31,32). The summed E-state index contributed by atoms with van der Waals surface area (Å²) in [5.41, 5.74) is 4.80. The number of amides is 1. The molecule has 0 saturated carbocycles. The van der Waals surface area contributed by atoms with Crippen molar-refractivity contribution in [3.63, 3.8) is 0 Å². The summed E-state index contributed by atoms with van der Waals surface area (Å²) in [7, 11) is -1.88. The molecule has 1 aliphatic rings. The lowest BCUT2D eigenvalue weighted by molar-refractivity contribution is -0.121. The number of nitrogens with zero attached hydrogens (tertiary/aromatic N) is 2. The second-order valence-electron chi connectivity index (χ2n) is 8.23. The van der Waals surface area contributed by atoms with E-state index < -0.39 is 10.0 Å². The normalized spacial score (nSPS) is 16.5. The van der Waals surface area contributed by atoms with Crippen LogP contribution in [0.15, 0.2) is 71.6 Å². The maximum atomic E-state index is 13.3. The first-order chi connectivity index (χ1) is 15.8. The summed E-state index contributed by atoms with van der Waals surface area (Å²) in [6.07, 6.45) is 0.915. The van der Waals surface area contributed by atoms with E-state index in [4.69, 9.17) is 5.14 Å². The van der Waals surface area contributed by atoms with Gasteiger partial charge in [-0.1, -0.05) is 36.4 Å². The lowest BCUT2D eigenvalue weighted by Crippen LogP contribution is -2.39. The van der Waals surface area contributed by atoms with Gasteiger partial charge in [0.2, 0.25) is 15.9 Å². The summed E-state index contributed by atoms with van der Waals surface area (Å²) in [5.74, 6) is -0.106. The molecule has 4 N–H and O–H groups in total. The number of aromatic amines is 1. The molecule has 168 valence electrons. The Hall–Kier alpha value is -3.53. The van der Waals surface area contributed by atoms with Crippen LogP contribution in [0.5, 0.6) is 0 Å². The van der Waals surface area contributed by atoms with E-state index in [1.807, 2.05) is 43.4 Å². The topological polar surface area (TPSA) is 121 Å². The van der Waals surface area contributed by atoms with Crippen LogP contribution in [0.25, 0.3) is 22.2 Å². The molecule has 2 heterocycles. The number of primary sulfonamides is 1. The molecule has 0 spiro atoms. The number of carbonyl (C=O) groups is 1. The van der Waals surface area contributed by atoms with E-state index in [0.29, 0.717) is 16.9 Å². The number of likely N-dealkylation sites (N-methyl/N-ethyl adjacent to an activating group) is 1. The molecule has 0 saturated heterocycles. The zero-order chi connectivity index (χ0) is 23.2. The van der Waals surface area contributed by atoms with E-state index in [1.165, 1.54) is 17.7 Å². The Bertz CT molecular complexity index is 1480. The summed E-state index contributed by atoms with van der Waals surface area (Å²) in [5, 5.41) is 16.4. The number of anilines is 1. The Kier molecular flexibility index (Phi) is 5.24. The van der Waals surface area contributed by atoms with Gasteiger partial charge in [0.25, 0.3) is 0 Å². The molecule has 9 heteroatoms. The molecule has 1 atom stereocenters. The van der Waals surface area contributed by atoms with Crippen molar-refractivity contribution in [2.75, 3.05) is 18.9 Å². The average Bonchev–Trinajstić information content (AvgIpc) is 3.21. The maximum Gasteiger partial charge on any atom is 0.246 e. The second-order valence-corrected chi connectivity index (χ2v) is 9.79. The van der Waals surface area contributed by atoms with Crippen LogP contribution in [0.3, 0.4) is 0 Å². The molecule has 33 heavy (non-hydrogen) atoms. The molecule has 0 aliphatic carbocycles. The fourth-order valence-corrected chi connectivity index (χ4v) is 4.94. The first kappa shape index (κ1) is 21.3. The van der Waals surface area contributed by atoms with Crippen molar-refractivity contribution >= 4 is 32.5 Å². The Morgan fingerprint density at radius 1 is 1.12 bits per heavy atom. The Balaban J connectivity index is 1.48. The molecule has 3 aromatic carbocycles.